The third-order valence-corrected chi connectivity index (χ3v) is 2.04. The summed E-state index contributed by atoms with van der Waals surface area (Å²) in [5.41, 5.74) is 2.56. The average molecular weight is 189 g/mol. The Morgan fingerprint density at radius 2 is 2.00 bits per heavy atom. The molecule has 3 heteroatoms. The van der Waals surface area contributed by atoms with Crippen LogP contribution in [-0.4, -0.2) is 4.92 Å². The number of non-ortho nitro benzene ring substituents is 1. The van der Waals surface area contributed by atoms with Crippen LogP contribution in [0.4, 0.5) is 5.69 Å². The third-order valence-electron chi connectivity index (χ3n) is 2.04. The largest absolute Gasteiger partial charge is 0.270 e. The molecule has 1 aromatic rings. The van der Waals surface area contributed by atoms with Crippen LogP contribution < -0.4 is 0 Å². The van der Waals surface area contributed by atoms with Crippen molar-refractivity contribution < 1.29 is 4.92 Å². The van der Waals surface area contributed by atoms with E-state index in [1.165, 1.54) is 12.1 Å². The van der Waals surface area contributed by atoms with E-state index in [0.29, 0.717) is 0 Å². The fourth-order valence-corrected chi connectivity index (χ4v) is 1.36. The van der Waals surface area contributed by atoms with Gasteiger partial charge < -0.3 is 0 Å². The van der Waals surface area contributed by atoms with Crippen molar-refractivity contribution in [3.8, 4) is 0 Å². The van der Waals surface area contributed by atoms with Gasteiger partial charge in [-0.25, -0.2) is 0 Å². The zero-order valence-corrected chi connectivity index (χ0v) is 7.99. The van der Waals surface area contributed by atoms with Gasteiger partial charge >= 0.3 is 0 Å². The van der Waals surface area contributed by atoms with Gasteiger partial charge in [0.1, 0.15) is 0 Å². The molecule has 1 rings (SSSR count). The molecule has 0 aliphatic carbocycles. The summed E-state index contributed by atoms with van der Waals surface area (Å²) in [6.07, 6.45) is 3.27. The van der Waals surface area contributed by atoms with Crippen LogP contribution in [0.25, 0.3) is 12.2 Å². The molecule has 0 radical (unpaired) electrons. The van der Waals surface area contributed by atoms with E-state index in [2.05, 4.69) is 13.2 Å². The quantitative estimate of drug-likeness (QED) is 0.541. The fourth-order valence-electron chi connectivity index (χ4n) is 1.36. The van der Waals surface area contributed by atoms with Crippen LogP contribution in [0.15, 0.2) is 25.3 Å². The number of nitro groups is 1. The highest BCUT2D eigenvalue weighted by Gasteiger charge is 2.10. The molecule has 0 atom stereocenters. The summed E-state index contributed by atoms with van der Waals surface area (Å²) in [5.74, 6) is 0. The van der Waals surface area contributed by atoms with Crippen molar-refractivity contribution in [2.45, 2.75) is 6.92 Å². The van der Waals surface area contributed by atoms with E-state index in [-0.39, 0.29) is 5.69 Å². The number of nitrogens with zero attached hydrogens (tertiary/aromatic N) is 1. The number of aryl methyl sites for hydroxylation is 1. The Balaban J connectivity index is 3.45. The first-order chi connectivity index (χ1) is 6.60. The molecule has 0 heterocycles. The minimum Gasteiger partial charge on any atom is -0.258 e. The zero-order valence-electron chi connectivity index (χ0n) is 7.99. The molecule has 0 bridgehead atoms. The maximum Gasteiger partial charge on any atom is 0.270 e. The van der Waals surface area contributed by atoms with E-state index in [9.17, 15) is 10.1 Å². The van der Waals surface area contributed by atoms with Gasteiger partial charge in [0, 0.05) is 12.1 Å². The molecule has 0 unspecified atom stereocenters. The second kappa shape index (κ2) is 3.87. The Labute approximate surface area is 82.5 Å². The number of hydrogen-bond acceptors (Lipinski definition) is 2. The van der Waals surface area contributed by atoms with Crippen molar-refractivity contribution in [2.75, 3.05) is 0 Å². The summed E-state index contributed by atoms with van der Waals surface area (Å²) in [7, 11) is 0. The van der Waals surface area contributed by atoms with Gasteiger partial charge in [-0.15, -0.1) is 0 Å². The maximum atomic E-state index is 10.6. The summed E-state index contributed by atoms with van der Waals surface area (Å²) in [6.45, 7) is 9.08. The van der Waals surface area contributed by atoms with Crippen molar-refractivity contribution >= 4 is 17.8 Å². The number of benzene rings is 1. The van der Waals surface area contributed by atoms with E-state index in [4.69, 9.17) is 0 Å². The number of hydrogen-bond donors (Lipinski definition) is 0. The fraction of sp³-hybridized carbons (Fsp3) is 0.0909. The van der Waals surface area contributed by atoms with Crippen LogP contribution in [-0.2, 0) is 0 Å². The standard InChI is InChI=1S/C11H11NO2/c1-4-9-7-10(12(13)14)6-8(3)11(9)5-2/h4-7H,1-2H2,3H3. The molecular weight excluding hydrogens is 178 g/mol. The van der Waals surface area contributed by atoms with Gasteiger partial charge in [-0.3, -0.25) is 10.1 Å². The van der Waals surface area contributed by atoms with Crippen molar-refractivity contribution in [1.82, 2.24) is 0 Å². The predicted octanol–water partition coefficient (Wildman–Crippen LogP) is 3.19. The van der Waals surface area contributed by atoms with Crippen LogP contribution in [0.1, 0.15) is 16.7 Å². The first-order valence-corrected chi connectivity index (χ1v) is 4.14. The van der Waals surface area contributed by atoms with Gasteiger partial charge in [-0.1, -0.05) is 25.3 Å². The van der Waals surface area contributed by atoms with Gasteiger partial charge in [-0.05, 0) is 23.6 Å². The SMILES string of the molecule is C=Cc1cc([N+](=O)[O-])cc(C)c1C=C. The van der Waals surface area contributed by atoms with Crippen LogP contribution in [0, 0.1) is 17.0 Å². The number of rotatable bonds is 3. The Hall–Kier alpha value is -1.90. The Morgan fingerprint density at radius 1 is 1.36 bits per heavy atom. The molecular formula is C11H11NO2. The van der Waals surface area contributed by atoms with Crippen molar-refractivity contribution in [3.63, 3.8) is 0 Å². The summed E-state index contributed by atoms with van der Waals surface area (Å²) < 4.78 is 0. The Bertz CT molecular complexity index is 408. The summed E-state index contributed by atoms with van der Waals surface area (Å²) in [6, 6.07) is 3.03. The number of nitro benzene ring substituents is 1. The van der Waals surface area contributed by atoms with E-state index < -0.39 is 4.92 Å². The van der Waals surface area contributed by atoms with Gasteiger partial charge in [0.25, 0.3) is 5.69 Å². The molecule has 3 nitrogen and oxygen atoms in total. The highest BCUT2D eigenvalue weighted by atomic mass is 16.6. The molecule has 0 aliphatic rings. The van der Waals surface area contributed by atoms with Crippen molar-refractivity contribution in [3.05, 3.63) is 52.1 Å². The second-order valence-corrected chi connectivity index (χ2v) is 2.93. The molecule has 0 saturated carbocycles. The Morgan fingerprint density at radius 3 is 2.43 bits per heavy atom. The molecule has 0 saturated heterocycles. The molecule has 1 aromatic carbocycles. The lowest BCUT2D eigenvalue weighted by molar-refractivity contribution is -0.384. The molecule has 0 aliphatic heterocycles. The topological polar surface area (TPSA) is 43.1 Å². The normalized spacial score (nSPS) is 9.50. The van der Waals surface area contributed by atoms with E-state index in [1.54, 1.807) is 12.2 Å². The minimum absolute atomic E-state index is 0.0861. The van der Waals surface area contributed by atoms with Gasteiger partial charge in [0.05, 0.1) is 4.92 Å². The first-order valence-electron chi connectivity index (χ1n) is 4.14. The summed E-state index contributed by atoms with van der Waals surface area (Å²) in [4.78, 5) is 10.2. The summed E-state index contributed by atoms with van der Waals surface area (Å²) >= 11 is 0. The Kier molecular flexibility index (Phi) is 2.82. The lowest BCUT2D eigenvalue weighted by Gasteiger charge is -2.04. The average Bonchev–Trinajstić information content (AvgIpc) is 2.16. The van der Waals surface area contributed by atoms with Crippen LogP contribution in [0.2, 0.25) is 0 Å². The van der Waals surface area contributed by atoms with Crippen molar-refractivity contribution in [1.29, 1.82) is 0 Å². The van der Waals surface area contributed by atoms with E-state index >= 15 is 0 Å². The molecule has 0 fully saturated rings. The zero-order chi connectivity index (χ0) is 10.7. The third kappa shape index (κ3) is 1.71. The monoisotopic (exact) mass is 189 g/mol. The lowest BCUT2D eigenvalue weighted by atomic mass is 10.0. The van der Waals surface area contributed by atoms with Crippen LogP contribution >= 0.6 is 0 Å². The lowest BCUT2D eigenvalue weighted by Crippen LogP contribution is -1.93. The molecule has 14 heavy (non-hydrogen) atoms. The van der Waals surface area contributed by atoms with E-state index in [0.717, 1.165) is 16.7 Å². The molecule has 0 amide bonds. The molecule has 0 spiro atoms. The van der Waals surface area contributed by atoms with E-state index in [1.807, 2.05) is 6.92 Å². The minimum atomic E-state index is -0.410. The van der Waals surface area contributed by atoms with Gasteiger partial charge in [0.2, 0.25) is 0 Å². The highest BCUT2D eigenvalue weighted by molar-refractivity contribution is 5.68. The van der Waals surface area contributed by atoms with Crippen molar-refractivity contribution in [2.24, 2.45) is 0 Å². The van der Waals surface area contributed by atoms with Crippen LogP contribution in [0.3, 0.4) is 0 Å². The summed E-state index contributed by atoms with van der Waals surface area (Å²) in [5, 5.41) is 10.6. The maximum absolute atomic E-state index is 10.6. The second-order valence-electron chi connectivity index (χ2n) is 2.93. The first kappa shape index (κ1) is 10.2. The molecule has 72 valence electrons. The molecule has 0 aromatic heterocycles. The molecule has 0 N–H and O–H groups in total. The predicted molar refractivity (Wildman–Crippen MR) is 58.0 cm³/mol. The van der Waals surface area contributed by atoms with Crippen LogP contribution in [0.5, 0.6) is 0 Å². The van der Waals surface area contributed by atoms with Gasteiger partial charge in [-0.2, -0.15) is 0 Å². The smallest absolute Gasteiger partial charge is 0.258 e. The van der Waals surface area contributed by atoms with Gasteiger partial charge in [0.15, 0.2) is 0 Å². The highest BCUT2D eigenvalue weighted by Crippen LogP contribution is 2.23.